The maximum atomic E-state index is 12.2. The first-order valence-electron chi connectivity index (χ1n) is 7.08. The summed E-state index contributed by atoms with van der Waals surface area (Å²) in [6.07, 6.45) is 0. The van der Waals surface area contributed by atoms with Crippen molar-refractivity contribution in [2.75, 3.05) is 31.1 Å². The van der Waals surface area contributed by atoms with Crippen LogP contribution < -0.4 is 10.6 Å². The number of benzene rings is 1. The summed E-state index contributed by atoms with van der Waals surface area (Å²) in [6, 6.07) is 6.86. The van der Waals surface area contributed by atoms with Crippen molar-refractivity contribution in [3.05, 3.63) is 24.3 Å². The maximum absolute atomic E-state index is 12.2. The molecule has 1 saturated heterocycles. The van der Waals surface area contributed by atoms with Gasteiger partial charge in [-0.15, -0.1) is 12.4 Å². The van der Waals surface area contributed by atoms with E-state index in [4.69, 9.17) is 5.73 Å². The van der Waals surface area contributed by atoms with Gasteiger partial charge in [0.2, 0.25) is 5.91 Å². The molecule has 6 heteroatoms. The van der Waals surface area contributed by atoms with Crippen LogP contribution in [0, 0.1) is 5.92 Å². The van der Waals surface area contributed by atoms with Crippen molar-refractivity contribution >= 4 is 24.0 Å². The molecule has 21 heavy (non-hydrogen) atoms. The van der Waals surface area contributed by atoms with Gasteiger partial charge in [-0.2, -0.15) is 0 Å². The Balaban J connectivity index is 0.00000220. The van der Waals surface area contributed by atoms with E-state index < -0.39 is 6.04 Å². The molecule has 1 amide bonds. The molecule has 1 atom stereocenters. The van der Waals surface area contributed by atoms with Crippen molar-refractivity contribution in [2.45, 2.75) is 19.9 Å². The van der Waals surface area contributed by atoms with Crippen molar-refractivity contribution in [1.82, 2.24) is 4.90 Å². The highest BCUT2D eigenvalue weighted by molar-refractivity contribution is 5.85. The molecule has 1 unspecified atom stereocenters. The van der Waals surface area contributed by atoms with Crippen LogP contribution in [0.25, 0.3) is 0 Å². The summed E-state index contributed by atoms with van der Waals surface area (Å²) >= 11 is 0. The molecule has 0 radical (unpaired) electrons. The van der Waals surface area contributed by atoms with Gasteiger partial charge in [-0.1, -0.05) is 26.0 Å². The quantitative estimate of drug-likeness (QED) is 0.886. The number of phenolic OH excluding ortho intramolecular Hbond substituents is 1. The lowest BCUT2D eigenvalue weighted by molar-refractivity contribution is -0.133. The van der Waals surface area contributed by atoms with E-state index in [1.807, 2.05) is 30.9 Å². The fraction of sp³-hybridized carbons (Fsp3) is 0.533. The van der Waals surface area contributed by atoms with E-state index in [1.54, 1.807) is 12.1 Å². The Bertz CT molecular complexity index is 474. The Morgan fingerprint density at radius 1 is 1.19 bits per heavy atom. The molecule has 118 valence electrons. The summed E-state index contributed by atoms with van der Waals surface area (Å²) < 4.78 is 0. The monoisotopic (exact) mass is 313 g/mol. The molecule has 0 aliphatic carbocycles. The third-order valence-electron chi connectivity index (χ3n) is 3.82. The highest BCUT2D eigenvalue weighted by atomic mass is 35.5. The number of aromatic hydroxyl groups is 1. The van der Waals surface area contributed by atoms with E-state index in [9.17, 15) is 9.90 Å². The first-order chi connectivity index (χ1) is 9.50. The number of nitrogens with two attached hydrogens (primary N) is 1. The number of amides is 1. The molecule has 1 aliphatic rings. The van der Waals surface area contributed by atoms with Gasteiger partial charge in [-0.25, -0.2) is 0 Å². The molecule has 1 aliphatic heterocycles. The largest absolute Gasteiger partial charge is 0.506 e. The summed E-state index contributed by atoms with van der Waals surface area (Å²) in [5, 5.41) is 9.86. The van der Waals surface area contributed by atoms with Crippen molar-refractivity contribution in [3.8, 4) is 5.75 Å². The molecule has 1 aromatic rings. The van der Waals surface area contributed by atoms with Crippen LogP contribution >= 0.6 is 12.4 Å². The SMILES string of the molecule is CC(C)C(N)C(=O)N1CCN(c2ccccc2O)CC1.Cl. The second-order valence-electron chi connectivity index (χ2n) is 5.57. The Morgan fingerprint density at radius 3 is 2.29 bits per heavy atom. The Labute approximate surface area is 132 Å². The van der Waals surface area contributed by atoms with E-state index in [1.165, 1.54) is 0 Å². The predicted molar refractivity (Wildman–Crippen MR) is 87.0 cm³/mol. The minimum Gasteiger partial charge on any atom is -0.506 e. The van der Waals surface area contributed by atoms with Crippen LogP contribution in [-0.2, 0) is 4.79 Å². The Hall–Kier alpha value is -1.46. The molecule has 1 aromatic carbocycles. The highest BCUT2D eigenvalue weighted by Crippen LogP contribution is 2.27. The molecule has 0 saturated carbocycles. The van der Waals surface area contributed by atoms with E-state index in [0.29, 0.717) is 26.2 Å². The van der Waals surface area contributed by atoms with E-state index >= 15 is 0 Å². The molecule has 0 spiro atoms. The first-order valence-corrected chi connectivity index (χ1v) is 7.08. The molecular formula is C15H24ClN3O2. The molecule has 5 nitrogen and oxygen atoms in total. The number of carbonyl (C=O) groups excluding carboxylic acids is 1. The minimum atomic E-state index is -0.424. The number of anilines is 1. The number of carbonyl (C=O) groups is 1. The third kappa shape index (κ3) is 4.02. The number of piperazine rings is 1. The van der Waals surface area contributed by atoms with E-state index in [-0.39, 0.29) is 30.0 Å². The summed E-state index contributed by atoms with van der Waals surface area (Å²) in [4.78, 5) is 16.1. The minimum absolute atomic E-state index is 0. The number of phenols is 1. The summed E-state index contributed by atoms with van der Waals surface area (Å²) in [7, 11) is 0. The third-order valence-corrected chi connectivity index (χ3v) is 3.82. The van der Waals surface area contributed by atoms with Crippen LogP contribution in [0.4, 0.5) is 5.69 Å². The zero-order valence-corrected chi connectivity index (χ0v) is 13.3. The molecule has 0 bridgehead atoms. The average molecular weight is 314 g/mol. The zero-order chi connectivity index (χ0) is 14.7. The maximum Gasteiger partial charge on any atom is 0.239 e. The summed E-state index contributed by atoms with van der Waals surface area (Å²) in [5.41, 5.74) is 6.74. The van der Waals surface area contributed by atoms with Gasteiger partial charge in [0.25, 0.3) is 0 Å². The lowest BCUT2D eigenvalue weighted by Gasteiger charge is -2.37. The normalized spacial score (nSPS) is 16.6. The van der Waals surface area contributed by atoms with Crippen molar-refractivity contribution in [2.24, 2.45) is 11.7 Å². The average Bonchev–Trinajstić information content (AvgIpc) is 2.46. The second-order valence-corrected chi connectivity index (χ2v) is 5.57. The van der Waals surface area contributed by atoms with Gasteiger partial charge < -0.3 is 20.6 Å². The zero-order valence-electron chi connectivity index (χ0n) is 12.5. The topological polar surface area (TPSA) is 69.8 Å². The smallest absolute Gasteiger partial charge is 0.239 e. The van der Waals surface area contributed by atoms with E-state index in [0.717, 1.165) is 5.69 Å². The number of rotatable bonds is 3. The first kappa shape index (κ1) is 17.6. The van der Waals surface area contributed by atoms with Crippen LogP contribution in [0.2, 0.25) is 0 Å². The molecule has 3 N–H and O–H groups in total. The Morgan fingerprint density at radius 2 is 1.76 bits per heavy atom. The van der Waals surface area contributed by atoms with Gasteiger partial charge in [0.15, 0.2) is 0 Å². The molecular weight excluding hydrogens is 290 g/mol. The van der Waals surface area contributed by atoms with Gasteiger partial charge in [0.1, 0.15) is 5.75 Å². The van der Waals surface area contributed by atoms with Crippen LogP contribution in [0.1, 0.15) is 13.8 Å². The van der Waals surface area contributed by atoms with Gasteiger partial charge >= 0.3 is 0 Å². The van der Waals surface area contributed by atoms with Crippen molar-refractivity contribution < 1.29 is 9.90 Å². The summed E-state index contributed by atoms with van der Waals surface area (Å²) in [6.45, 7) is 6.64. The van der Waals surface area contributed by atoms with Gasteiger partial charge in [-0.3, -0.25) is 4.79 Å². The van der Waals surface area contributed by atoms with E-state index in [2.05, 4.69) is 4.90 Å². The molecule has 0 aromatic heterocycles. The second kappa shape index (κ2) is 7.52. The van der Waals surface area contributed by atoms with Gasteiger partial charge in [0.05, 0.1) is 11.7 Å². The van der Waals surface area contributed by atoms with Gasteiger partial charge in [0, 0.05) is 26.2 Å². The Kier molecular flexibility index (Phi) is 6.30. The lowest BCUT2D eigenvalue weighted by atomic mass is 10.0. The number of halogens is 1. The number of hydrogen-bond donors (Lipinski definition) is 2. The molecule has 1 heterocycles. The van der Waals surface area contributed by atoms with Crippen LogP contribution in [0.15, 0.2) is 24.3 Å². The fourth-order valence-corrected chi connectivity index (χ4v) is 2.40. The van der Waals surface area contributed by atoms with Crippen LogP contribution in [0.3, 0.4) is 0 Å². The number of para-hydroxylation sites is 2. The van der Waals surface area contributed by atoms with Gasteiger partial charge in [-0.05, 0) is 18.1 Å². The number of nitrogens with zero attached hydrogens (tertiary/aromatic N) is 2. The lowest BCUT2D eigenvalue weighted by Crippen LogP contribution is -2.54. The molecule has 1 fully saturated rings. The standard InChI is InChI=1S/C15H23N3O2.ClH/c1-11(2)14(16)15(20)18-9-7-17(8-10-18)12-5-3-4-6-13(12)19;/h3-6,11,14,19H,7-10,16H2,1-2H3;1H. The fourth-order valence-electron chi connectivity index (χ4n) is 2.40. The van der Waals surface area contributed by atoms with Crippen molar-refractivity contribution in [3.63, 3.8) is 0 Å². The predicted octanol–water partition coefficient (Wildman–Crippen LogP) is 1.45. The number of hydrogen-bond acceptors (Lipinski definition) is 4. The highest BCUT2D eigenvalue weighted by Gasteiger charge is 2.27. The van der Waals surface area contributed by atoms with Crippen molar-refractivity contribution in [1.29, 1.82) is 0 Å². The summed E-state index contributed by atoms with van der Waals surface area (Å²) in [5.74, 6) is 0.460. The van der Waals surface area contributed by atoms with Crippen LogP contribution in [0.5, 0.6) is 5.75 Å². The van der Waals surface area contributed by atoms with Crippen LogP contribution in [-0.4, -0.2) is 48.1 Å². The molecule has 2 rings (SSSR count).